The van der Waals surface area contributed by atoms with Crippen LogP contribution in [0.1, 0.15) is 16.1 Å². The molecule has 0 aliphatic heterocycles. The highest BCUT2D eigenvalue weighted by molar-refractivity contribution is 5.89. The molecule has 112 valence electrons. The van der Waals surface area contributed by atoms with E-state index in [0.29, 0.717) is 4.68 Å². The number of benzene rings is 1. The lowest BCUT2D eigenvalue weighted by Crippen LogP contribution is -2.19. The molecule has 2 aromatic rings. The van der Waals surface area contributed by atoms with E-state index in [-0.39, 0.29) is 16.8 Å². The van der Waals surface area contributed by atoms with Crippen LogP contribution < -0.4 is 0 Å². The van der Waals surface area contributed by atoms with Crippen molar-refractivity contribution in [1.82, 2.24) is 9.78 Å². The van der Waals surface area contributed by atoms with E-state index in [4.69, 9.17) is 5.11 Å². The number of halogens is 4. The largest absolute Gasteiger partial charge is 0.476 e. The number of rotatable bonds is 3. The zero-order valence-electron chi connectivity index (χ0n) is 10.8. The third-order valence-electron chi connectivity index (χ3n) is 2.84. The summed E-state index contributed by atoms with van der Waals surface area (Å²) in [7, 11) is 0. The molecule has 21 heavy (non-hydrogen) atoms. The quantitative estimate of drug-likeness (QED) is 0.885. The van der Waals surface area contributed by atoms with E-state index >= 15 is 0 Å². The van der Waals surface area contributed by atoms with Crippen molar-refractivity contribution in [3.63, 3.8) is 0 Å². The first-order valence-electron chi connectivity index (χ1n) is 5.82. The lowest BCUT2D eigenvalue weighted by atomic mass is 10.1. The van der Waals surface area contributed by atoms with Gasteiger partial charge in [-0.25, -0.2) is 9.18 Å². The maximum absolute atomic E-state index is 12.9. The van der Waals surface area contributed by atoms with Gasteiger partial charge in [-0.3, -0.25) is 4.68 Å². The molecule has 0 fully saturated rings. The lowest BCUT2D eigenvalue weighted by molar-refractivity contribution is -0.142. The van der Waals surface area contributed by atoms with Gasteiger partial charge in [0.25, 0.3) is 0 Å². The molecule has 8 heteroatoms. The van der Waals surface area contributed by atoms with Crippen molar-refractivity contribution in [3.8, 4) is 11.3 Å². The van der Waals surface area contributed by atoms with E-state index in [0.717, 1.165) is 12.1 Å². The van der Waals surface area contributed by atoms with Crippen LogP contribution in [0, 0.1) is 12.7 Å². The highest BCUT2D eigenvalue weighted by atomic mass is 19.4. The second-order valence-electron chi connectivity index (χ2n) is 4.41. The Hall–Kier alpha value is -2.38. The number of alkyl halides is 3. The van der Waals surface area contributed by atoms with Gasteiger partial charge in [0.2, 0.25) is 0 Å². The van der Waals surface area contributed by atoms with Gasteiger partial charge in [0.05, 0.1) is 5.69 Å². The summed E-state index contributed by atoms with van der Waals surface area (Å²) >= 11 is 0. The standard InChI is InChI=1S/C13H10F4N2O2/c1-7-10(12(20)21)18-19(6-13(15,16)17)11(7)8-2-4-9(14)5-3-8/h2-5H,6H2,1H3,(H,20,21). The molecule has 0 aliphatic rings. The zero-order chi connectivity index (χ0) is 15.8. The second-order valence-corrected chi connectivity index (χ2v) is 4.41. The number of hydrogen-bond acceptors (Lipinski definition) is 2. The highest BCUT2D eigenvalue weighted by Crippen LogP contribution is 2.29. The first-order valence-corrected chi connectivity index (χ1v) is 5.82. The third kappa shape index (κ3) is 3.21. The van der Waals surface area contributed by atoms with Gasteiger partial charge in [-0.05, 0) is 31.2 Å². The van der Waals surface area contributed by atoms with E-state index in [1.165, 1.54) is 19.1 Å². The molecule has 1 aromatic carbocycles. The first-order chi connectivity index (χ1) is 9.69. The maximum atomic E-state index is 12.9. The summed E-state index contributed by atoms with van der Waals surface area (Å²) in [5, 5.41) is 12.5. The van der Waals surface area contributed by atoms with Crippen molar-refractivity contribution in [2.45, 2.75) is 19.6 Å². The Labute approximate surface area is 116 Å². The molecule has 1 aromatic heterocycles. The average Bonchev–Trinajstić information content (AvgIpc) is 2.65. The lowest BCUT2D eigenvalue weighted by Gasteiger charge is -2.11. The van der Waals surface area contributed by atoms with Gasteiger partial charge in [0, 0.05) is 11.1 Å². The van der Waals surface area contributed by atoms with Crippen LogP contribution in [0.4, 0.5) is 17.6 Å². The Morgan fingerprint density at radius 2 is 1.86 bits per heavy atom. The molecule has 1 heterocycles. The molecule has 0 spiro atoms. The Morgan fingerprint density at radius 3 is 2.33 bits per heavy atom. The van der Waals surface area contributed by atoms with Crippen LogP contribution in [-0.4, -0.2) is 27.0 Å². The summed E-state index contributed by atoms with van der Waals surface area (Å²) in [6, 6.07) is 4.72. The van der Waals surface area contributed by atoms with Crippen molar-refractivity contribution < 1.29 is 27.5 Å². The monoisotopic (exact) mass is 302 g/mol. The predicted molar refractivity (Wildman–Crippen MR) is 65.4 cm³/mol. The number of carbonyl (C=O) groups is 1. The number of nitrogens with zero attached hydrogens (tertiary/aromatic N) is 2. The molecule has 0 unspecified atom stereocenters. The van der Waals surface area contributed by atoms with Crippen molar-refractivity contribution in [1.29, 1.82) is 0 Å². The van der Waals surface area contributed by atoms with E-state index in [1.54, 1.807) is 0 Å². The van der Waals surface area contributed by atoms with Crippen LogP contribution in [0.25, 0.3) is 11.3 Å². The van der Waals surface area contributed by atoms with Crippen LogP contribution in [0.15, 0.2) is 24.3 Å². The minimum Gasteiger partial charge on any atom is -0.476 e. The van der Waals surface area contributed by atoms with Gasteiger partial charge in [-0.2, -0.15) is 18.3 Å². The fourth-order valence-corrected chi connectivity index (χ4v) is 2.01. The van der Waals surface area contributed by atoms with Crippen LogP contribution in [0.3, 0.4) is 0 Å². The fourth-order valence-electron chi connectivity index (χ4n) is 2.01. The van der Waals surface area contributed by atoms with Gasteiger partial charge < -0.3 is 5.11 Å². The molecule has 0 bridgehead atoms. The van der Waals surface area contributed by atoms with Crippen LogP contribution in [0.5, 0.6) is 0 Å². The van der Waals surface area contributed by atoms with Gasteiger partial charge in [0.15, 0.2) is 5.69 Å². The molecular weight excluding hydrogens is 292 g/mol. The number of hydrogen-bond donors (Lipinski definition) is 1. The fraction of sp³-hybridized carbons (Fsp3) is 0.231. The first kappa shape index (κ1) is 15.0. The number of carboxylic acid groups (broad SMARTS) is 1. The summed E-state index contributed by atoms with van der Waals surface area (Å²) in [5.74, 6) is -1.96. The molecule has 0 radical (unpaired) electrons. The predicted octanol–water partition coefficient (Wildman–Crippen LogP) is 3.26. The zero-order valence-corrected chi connectivity index (χ0v) is 10.8. The normalized spacial score (nSPS) is 11.7. The van der Waals surface area contributed by atoms with E-state index in [1.807, 2.05) is 0 Å². The van der Waals surface area contributed by atoms with Crippen molar-refractivity contribution in [2.24, 2.45) is 0 Å². The van der Waals surface area contributed by atoms with E-state index < -0.39 is 30.2 Å². The summed E-state index contributed by atoms with van der Waals surface area (Å²) in [4.78, 5) is 11.0. The molecule has 4 nitrogen and oxygen atoms in total. The number of carboxylic acids is 1. The second kappa shape index (κ2) is 5.19. The molecule has 0 aliphatic carbocycles. The Balaban J connectivity index is 2.61. The van der Waals surface area contributed by atoms with Gasteiger partial charge >= 0.3 is 12.1 Å². The number of aromatic carboxylic acids is 1. The SMILES string of the molecule is Cc1c(C(=O)O)nn(CC(F)(F)F)c1-c1ccc(F)cc1. The van der Waals surface area contributed by atoms with E-state index in [9.17, 15) is 22.4 Å². The average molecular weight is 302 g/mol. The summed E-state index contributed by atoms with van der Waals surface area (Å²) in [5.41, 5.74) is -0.0974. The van der Waals surface area contributed by atoms with E-state index in [2.05, 4.69) is 5.10 Å². The Kier molecular flexibility index (Phi) is 3.71. The van der Waals surface area contributed by atoms with Crippen molar-refractivity contribution in [2.75, 3.05) is 0 Å². The third-order valence-corrected chi connectivity index (χ3v) is 2.84. The van der Waals surface area contributed by atoms with Gasteiger partial charge in [-0.1, -0.05) is 0 Å². The van der Waals surface area contributed by atoms with Crippen molar-refractivity contribution >= 4 is 5.97 Å². The van der Waals surface area contributed by atoms with Gasteiger partial charge in [-0.15, -0.1) is 0 Å². The molecule has 2 rings (SSSR count). The summed E-state index contributed by atoms with van der Waals surface area (Å²) in [6.07, 6.45) is -4.55. The molecule has 0 saturated heterocycles. The minimum atomic E-state index is -4.55. The maximum Gasteiger partial charge on any atom is 0.408 e. The Bertz CT molecular complexity index is 675. The molecule has 1 N–H and O–H groups in total. The molecular formula is C13H10F4N2O2. The van der Waals surface area contributed by atoms with Crippen molar-refractivity contribution in [3.05, 3.63) is 41.3 Å². The smallest absolute Gasteiger partial charge is 0.408 e. The minimum absolute atomic E-state index is 0.00438. The highest BCUT2D eigenvalue weighted by Gasteiger charge is 2.32. The molecule has 0 amide bonds. The van der Waals surface area contributed by atoms with Crippen LogP contribution in [0.2, 0.25) is 0 Å². The van der Waals surface area contributed by atoms with Crippen LogP contribution >= 0.6 is 0 Å². The van der Waals surface area contributed by atoms with Gasteiger partial charge in [0.1, 0.15) is 12.4 Å². The topological polar surface area (TPSA) is 55.1 Å². The van der Waals surface area contributed by atoms with Crippen LogP contribution in [-0.2, 0) is 6.54 Å². The summed E-state index contributed by atoms with van der Waals surface area (Å²) < 4.78 is 51.2. The molecule has 0 atom stereocenters. The summed E-state index contributed by atoms with van der Waals surface area (Å²) in [6.45, 7) is -0.0597. The Morgan fingerprint density at radius 1 is 1.29 bits per heavy atom. The molecule has 0 saturated carbocycles. The number of aromatic nitrogens is 2.